The quantitative estimate of drug-likeness (QED) is 0.393. The zero-order valence-electron chi connectivity index (χ0n) is 19.7. The number of ether oxygens (including phenoxy) is 1. The van der Waals surface area contributed by atoms with Crippen molar-refractivity contribution in [2.24, 2.45) is 13.0 Å². The summed E-state index contributed by atoms with van der Waals surface area (Å²) < 4.78 is 7.88. The minimum absolute atomic E-state index is 0.100. The van der Waals surface area contributed by atoms with Crippen LogP contribution in [0, 0.1) is 12.8 Å². The van der Waals surface area contributed by atoms with Crippen molar-refractivity contribution < 1.29 is 14.6 Å². The molecule has 0 saturated heterocycles. The Morgan fingerprint density at radius 1 is 1.15 bits per heavy atom. The molecule has 8 heteroatoms. The highest BCUT2D eigenvalue weighted by molar-refractivity contribution is 6.08. The number of rotatable bonds is 7. The molecule has 4 aromatic rings. The maximum absolute atomic E-state index is 13.1. The summed E-state index contributed by atoms with van der Waals surface area (Å²) in [6, 6.07) is 11.3. The number of aryl methyl sites for hydroxylation is 2. The first-order valence-electron chi connectivity index (χ1n) is 11.2. The molecule has 0 aliphatic heterocycles. The molecule has 3 heterocycles. The number of carbonyl (C=O) groups is 1. The Morgan fingerprint density at radius 3 is 2.65 bits per heavy atom. The van der Waals surface area contributed by atoms with Crippen LogP contribution in [-0.2, 0) is 7.05 Å². The zero-order valence-corrected chi connectivity index (χ0v) is 19.7. The lowest BCUT2D eigenvalue weighted by Gasteiger charge is -2.20. The van der Waals surface area contributed by atoms with E-state index >= 15 is 0 Å². The van der Waals surface area contributed by atoms with Gasteiger partial charge in [-0.1, -0.05) is 13.0 Å². The fourth-order valence-corrected chi connectivity index (χ4v) is 4.42. The molecule has 2 N–H and O–H groups in total. The zero-order chi connectivity index (χ0) is 24.4. The molecule has 0 radical (unpaired) electrons. The lowest BCUT2D eigenvalue weighted by atomic mass is 10.0. The minimum Gasteiger partial charge on any atom is -0.493 e. The summed E-state index contributed by atoms with van der Waals surface area (Å²) in [7, 11) is 1.75. The number of nitrogens with one attached hydrogen (secondary N) is 1. The van der Waals surface area contributed by atoms with Gasteiger partial charge in [-0.3, -0.25) is 14.8 Å². The van der Waals surface area contributed by atoms with E-state index in [0.717, 1.165) is 27.5 Å². The fraction of sp³-hybridized carbons (Fsp3) is 0.308. The molecule has 1 amide bonds. The summed E-state index contributed by atoms with van der Waals surface area (Å²) in [4.78, 5) is 32.8. The molecule has 34 heavy (non-hydrogen) atoms. The summed E-state index contributed by atoms with van der Waals surface area (Å²) in [5.41, 5.74) is 2.93. The third kappa shape index (κ3) is 4.57. The maximum Gasteiger partial charge on any atom is 0.404 e. The fourth-order valence-electron chi connectivity index (χ4n) is 4.42. The molecule has 3 aromatic heterocycles. The molecule has 4 rings (SSSR count). The predicted molar refractivity (Wildman–Crippen MR) is 132 cm³/mol. The summed E-state index contributed by atoms with van der Waals surface area (Å²) in [6.07, 6.45) is 3.05. The average molecular weight is 461 g/mol. The first kappa shape index (κ1) is 23.2. The lowest BCUT2D eigenvalue weighted by molar-refractivity contribution is 0.185. The summed E-state index contributed by atoms with van der Waals surface area (Å²) in [6.45, 7) is 6.08. The van der Waals surface area contributed by atoms with Gasteiger partial charge in [0.05, 0.1) is 28.9 Å². The molecule has 0 bridgehead atoms. The first-order chi connectivity index (χ1) is 16.3. The first-order valence-corrected chi connectivity index (χ1v) is 11.2. The molecule has 0 aliphatic rings. The van der Waals surface area contributed by atoms with Crippen LogP contribution in [-0.4, -0.2) is 38.4 Å². The molecule has 1 aromatic carbocycles. The molecular weight excluding hydrogens is 432 g/mol. The highest BCUT2D eigenvalue weighted by atomic mass is 16.5. The Kier molecular flexibility index (Phi) is 6.49. The number of amides is 1. The van der Waals surface area contributed by atoms with Gasteiger partial charge in [0.25, 0.3) is 5.56 Å². The van der Waals surface area contributed by atoms with Gasteiger partial charge in [0.2, 0.25) is 0 Å². The van der Waals surface area contributed by atoms with Crippen LogP contribution in [0.4, 0.5) is 4.79 Å². The van der Waals surface area contributed by atoms with Gasteiger partial charge in [-0.25, -0.2) is 4.79 Å². The van der Waals surface area contributed by atoms with Crippen LogP contribution < -0.4 is 15.6 Å². The third-order valence-corrected chi connectivity index (χ3v) is 6.00. The van der Waals surface area contributed by atoms with E-state index in [-0.39, 0.29) is 17.5 Å². The van der Waals surface area contributed by atoms with Gasteiger partial charge < -0.3 is 19.7 Å². The molecule has 0 saturated carbocycles. The van der Waals surface area contributed by atoms with E-state index in [2.05, 4.69) is 15.3 Å². The van der Waals surface area contributed by atoms with Gasteiger partial charge in [0.1, 0.15) is 5.75 Å². The number of hydrogen-bond acceptors (Lipinski definition) is 5. The molecule has 2 atom stereocenters. The van der Waals surface area contributed by atoms with Crippen molar-refractivity contribution in [2.75, 3.05) is 6.61 Å². The summed E-state index contributed by atoms with van der Waals surface area (Å²) in [5.74, 6) is 0.723. The van der Waals surface area contributed by atoms with Gasteiger partial charge in [0, 0.05) is 42.5 Å². The van der Waals surface area contributed by atoms with Crippen molar-refractivity contribution in [2.45, 2.75) is 33.2 Å². The second-order valence-corrected chi connectivity index (χ2v) is 8.77. The van der Waals surface area contributed by atoms with Crippen molar-refractivity contribution in [3.05, 3.63) is 64.8 Å². The van der Waals surface area contributed by atoms with E-state index in [9.17, 15) is 9.59 Å². The predicted octanol–water partition coefficient (Wildman–Crippen LogP) is 4.52. The van der Waals surface area contributed by atoms with E-state index in [1.807, 2.05) is 57.2 Å². The highest BCUT2D eigenvalue weighted by Crippen LogP contribution is 2.36. The van der Waals surface area contributed by atoms with Crippen LogP contribution in [0.2, 0.25) is 0 Å². The van der Waals surface area contributed by atoms with Crippen LogP contribution in [0.1, 0.15) is 26.0 Å². The smallest absolute Gasteiger partial charge is 0.404 e. The van der Waals surface area contributed by atoms with Crippen molar-refractivity contribution >= 4 is 27.8 Å². The molecule has 176 valence electrons. The van der Waals surface area contributed by atoms with E-state index in [4.69, 9.17) is 9.84 Å². The lowest BCUT2D eigenvalue weighted by Crippen LogP contribution is -2.33. The number of aromatic nitrogens is 3. The van der Waals surface area contributed by atoms with Crippen molar-refractivity contribution in [1.29, 1.82) is 0 Å². The Labute approximate surface area is 197 Å². The van der Waals surface area contributed by atoms with Gasteiger partial charge >= 0.3 is 6.09 Å². The minimum atomic E-state index is -1.04. The Balaban J connectivity index is 1.81. The molecule has 0 aliphatic carbocycles. The molecule has 8 nitrogen and oxygen atoms in total. The second kappa shape index (κ2) is 9.51. The van der Waals surface area contributed by atoms with Crippen molar-refractivity contribution in [3.8, 4) is 17.0 Å². The van der Waals surface area contributed by atoms with E-state index in [1.54, 1.807) is 24.0 Å². The third-order valence-electron chi connectivity index (χ3n) is 6.00. The molecule has 2 unspecified atom stereocenters. The van der Waals surface area contributed by atoms with Crippen molar-refractivity contribution in [3.63, 3.8) is 0 Å². The Morgan fingerprint density at radius 2 is 1.94 bits per heavy atom. The number of pyridine rings is 3. The topological polar surface area (TPSA) is 106 Å². The van der Waals surface area contributed by atoms with E-state index in [1.165, 1.54) is 0 Å². The number of fused-ring (bicyclic) bond motifs is 3. The average Bonchev–Trinajstić information content (AvgIpc) is 2.80. The summed E-state index contributed by atoms with van der Waals surface area (Å²) >= 11 is 0. The second-order valence-electron chi connectivity index (χ2n) is 8.77. The van der Waals surface area contributed by atoms with Crippen LogP contribution in [0.3, 0.4) is 0 Å². The normalized spacial score (nSPS) is 13.1. The van der Waals surface area contributed by atoms with E-state index < -0.39 is 6.09 Å². The van der Waals surface area contributed by atoms with E-state index in [0.29, 0.717) is 29.9 Å². The maximum atomic E-state index is 13.1. The number of hydrogen-bond donors (Lipinski definition) is 2. The molecule has 0 fully saturated rings. The largest absolute Gasteiger partial charge is 0.493 e. The number of carboxylic acid groups (broad SMARTS) is 1. The standard InChI is InChI=1S/C26H28N4O4/c1-15(11-16(2)29-26(32)33)14-34-23-13-22-19(12-20(23)21-7-5-6-9-28-21)18-8-10-27-17(3)24(18)25(31)30(22)4/h5-10,12-13,15-16,29H,11,14H2,1-4H3,(H,32,33). The van der Waals surface area contributed by atoms with Gasteiger partial charge in [-0.05, 0) is 55.8 Å². The monoisotopic (exact) mass is 460 g/mol. The van der Waals surface area contributed by atoms with Crippen LogP contribution in [0.25, 0.3) is 32.9 Å². The molecular formula is C26H28N4O4. The van der Waals surface area contributed by atoms with Gasteiger partial charge in [-0.15, -0.1) is 0 Å². The Bertz CT molecular complexity index is 1420. The number of nitrogens with zero attached hydrogens (tertiary/aromatic N) is 3. The Hall–Kier alpha value is -3.94. The summed E-state index contributed by atoms with van der Waals surface area (Å²) in [5, 5.41) is 13.8. The molecule has 0 spiro atoms. The van der Waals surface area contributed by atoms with Gasteiger partial charge in [0.15, 0.2) is 0 Å². The van der Waals surface area contributed by atoms with Crippen molar-refractivity contribution in [1.82, 2.24) is 19.9 Å². The van der Waals surface area contributed by atoms with Crippen LogP contribution in [0.15, 0.2) is 53.6 Å². The highest BCUT2D eigenvalue weighted by Gasteiger charge is 2.18. The van der Waals surface area contributed by atoms with Gasteiger partial charge in [-0.2, -0.15) is 0 Å². The van der Waals surface area contributed by atoms with Crippen LogP contribution >= 0.6 is 0 Å². The van der Waals surface area contributed by atoms with Crippen LogP contribution in [0.5, 0.6) is 5.75 Å². The SMILES string of the molecule is Cc1nccc2c1c(=O)n(C)c1cc(OCC(C)CC(C)NC(=O)O)c(-c3ccccn3)cc21. The number of benzene rings is 1.